The molecule has 0 unspecified atom stereocenters. The molecule has 0 atom stereocenters. The number of ether oxygens (including phenoxy) is 16. The normalized spacial score (nSPS) is 11.7. The van der Waals surface area contributed by atoms with E-state index in [2.05, 4.69) is 46.1 Å². The van der Waals surface area contributed by atoms with Gasteiger partial charge in [-0.1, -0.05) is 36.1 Å². The highest BCUT2D eigenvalue weighted by molar-refractivity contribution is 6.00. The Balaban J connectivity index is 1.20. The van der Waals surface area contributed by atoms with Gasteiger partial charge in [0.1, 0.15) is 49.4 Å². The third-order valence-electron chi connectivity index (χ3n) is 15.0. The fourth-order valence-corrected chi connectivity index (χ4v) is 10.4. The second-order valence-corrected chi connectivity index (χ2v) is 21.6. The van der Waals surface area contributed by atoms with Crippen LogP contribution in [0.1, 0.15) is 33.9 Å². The Bertz CT molecular complexity index is 3540. The first-order valence-electron chi connectivity index (χ1n) is 32.1. The number of benzene rings is 4. The molecule has 5 heterocycles. The standard InChI is InChI=1S/C76H86N4O16/c1-7-55-9-13-57(14-10-55)73-65-17-21-69(77-65)75(59-49-61(93-45-41-89-37-33-85-29-25-81-3)53-62(50-59)94-46-42-90-38-34-86-30-26-82-4)71-23-19-67(79-71)74(58-15-11-56(8-2)12-16-58)68-20-24-72(80-68)76(70-22-18-66(73)78-70)60-51-63(95-47-43-91-39-35-87-31-27-83-5)54-64(52-60)96-48-44-92-40-36-88-32-28-84-6/h1-2,9-24,49-54,77,80H,25-48H2,3-6H3. The number of fused-ring (bicyclic) bond motifs is 8. The van der Waals surface area contributed by atoms with Crippen molar-refractivity contribution in [3.8, 4) is 92.2 Å². The molecule has 20 heteroatoms. The van der Waals surface area contributed by atoms with E-state index >= 15 is 0 Å². The van der Waals surface area contributed by atoms with Crippen LogP contribution in [0.25, 0.3) is 90.9 Å². The summed E-state index contributed by atoms with van der Waals surface area (Å²) in [5.41, 5.74) is 13.7. The molecule has 4 aromatic carbocycles. The number of aromatic amines is 2. The van der Waals surface area contributed by atoms with Gasteiger partial charge in [0.05, 0.1) is 155 Å². The van der Waals surface area contributed by atoms with Crippen LogP contribution in [0, 0.1) is 24.7 Å². The summed E-state index contributed by atoms with van der Waals surface area (Å²) in [6.45, 7) is 9.60. The van der Waals surface area contributed by atoms with Crippen LogP contribution in [-0.4, -0.2) is 207 Å². The van der Waals surface area contributed by atoms with E-state index in [1.54, 1.807) is 28.4 Å². The zero-order valence-corrected chi connectivity index (χ0v) is 55.3. The highest BCUT2D eigenvalue weighted by Crippen LogP contribution is 2.41. The molecular weight excluding hydrogens is 1220 g/mol. The number of aromatic nitrogens is 4. The highest BCUT2D eigenvalue weighted by atomic mass is 16.6. The van der Waals surface area contributed by atoms with Crippen LogP contribution < -0.4 is 18.9 Å². The number of rotatable bonds is 44. The monoisotopic (exact) mass is 1310 g/mol. The number of H-pyrrole nitrogens is 2. The molecule has 96 heavy (non-hydrogen) atoms. The van der Waals surface area contributed by atoms with Crippen LogP contribution in [0.5, 0.6) is 23.0 Å². The van der Waals surface area contributed by atoms with Crippen molar-refractivity contribution < 1.29 is 75.8 Å². The van der Waals surface area contributed by atoms with E-state index in [-0.39, 0.29) is 26.4 Å². The Morgan fingerprint density at radius 2 is 0.510 bits per heavy atom. The first-order valence-corrected chi connectivity index (χ1v) is 32.1. The Hall–Kier alpha value is -8.68. The van der Waals surface area contributed by atoms with Crippen molar-refractivity contribution >= 4 is 46.4 Å². The molecular formula is C76H86N4O16. The maximum Gasteiger partial charge on any atom is 0.123 e. The predicted molar refractivity (Wildman–Crippen MR) is 373 cm³/mol. The molecule has 0 radical (unpaired) electrons. The molecule has 2 N–H and O–H groups in total. The average molecular weight is 1310 g/mol. The van der Waals surface area contributed by atoms with E-state index in [4.69, 9.17) is 98.6 Å². The summed E-state index contributed by atoms with van der Waals surface area (Å²) in [6.07, 6.45) is 20.0. The zero-order chi connectivity index (χ0) is 66.8. The van der Waals surface area contributed by atoms with Gasteiger partial charge in [0.25, 0.3) is 0 Å². The molecule has 8 bridgehead atoms. The van der Waals surface area contributed by atoms with Gasteiger partial charge in [-0.3, -0.25) is 0 Å². The quantitative estimate of drug-likeness (QED) is 0.0269. The van der Waals surface area contributed by atoms with Crippen LogP contribution in [0.4, 0.5) is 0 Å². The Morgan fingerprint density at radius 3 is 0.750 bits per heavy atom. The summed E-state index contributed by atoms with van der Waals surface area (Å²) in [5, 5.41) is 0. The topological polar surface area (TPSA) is 205 Å². The number of hydrogen-bond acceptors (Lipinski definition) is 18. The summed E-state index contributed by atoms with van der Waals surface area (Å²) >= 11 is 0. The summed E-state index contributed by atoms with van der Waals surface area (Å²) in [6, 6.07) is 35.8. The molecule has 9 rings (SSSR count). The maximum atomic E-state index is 6.48. The molecule has 0 saturated carbocycles. The molecule has 7 aromatic rings. The predicted octanol–water partition coefficient (Wildman–Crippen LogP) is 11.5. The smallest absolute Gasteiger partial charge is 0.123 e. The molecule has 0 spiro atoms. The largest absolute Gasteiger partial charge is 0.491 e. The molecule has 2 aliphatic heterocycles. The molecule has 0 amide bonds. The lowest BCUT2D eigenvalue weighted by Gasteiger charge is -2.14. The van der Waals surface area contributed by atoms with Crippen LogP contribution >= 0.6 is 0 Å². The third-order valence-corrected chi connectivity index (χ3v) is 15.0. The van der Waals surface area contributed by atoms with Gasteiger partial charge in [0.15, 0.2) is 0 Å². The van der Waals surface area contributed by atoms with E-state index in [1.807, 2.05) is 109 Å². The Labute approximate surface area is 562 Å². The van der Waals surface area contributed by atoms with Crippen LogP contribution in [0.15, 0.2) is 109 Å². The molecule has 0 fully saturated rings. The van der Waals surface area contributed by atoms with Crippen molar-refractivity contribution in [1.29, 1.82) is 0 Å². The second kappa shape index (κ2) is 40.0. The lowest BCUT2D eigenvalue weighted by Crippen LogP contribution is -2.13. The minimum absolute atomic E-state index is 0.257. The van der Waals surface area contributed by atoms with Crippen LogP contribution in [0.2, 0.25) is 0 Å². The number of nitrogens with zero attached hydrogens (tertiary/aromatic N) is 2. The van der Waals surface area contributed by atoms with E-state index in [0.717, 1.165) is 77.7 Å². The van der Waals surface area contributed by atoms with Crippen molar-refractivity contribution in [2.45, 2.75) is 0 Å². The maximum absolute atomic E-state index is 6.48. The first kappa shape index (κ1) is 71.6. The number of hydrogen-bond donors (Lipinski definition) is 2. The lowest BCUT2D eigenvalue weighted by atomic mass is 10.0. The second-order valence-electron chi connectivity index (χ2n) is 21.6. The summed E-state index contributed by atoms with van der Waals surface area (Å²) in [5.74, 6) is 7.78. The van der Waals surface area contributed by atoms with Crippen LogP contribution in [0.3, 0.4) is 0 Å². The number of terminal acetylenes is 2. The SMILES string of the molecule is C#Cc1ccc(-c2c3nc(c(-c4cc(OCCOCCOCCOC)cc(OCCOCCOCCOC)c4)c4ccc([nH]4)c(-c4ccc(C#C)cc4)c4nc(c(-c5cc(OCCOCCOCCOC)cc(OCCOCCOCCOC)c5)c5ccc2[nH]5)C=C4)C=C3)cc1. The zero-order valence-electron chi connectivity index (χ0n) is 55.3. The average Bonchev–Trinajstić information content (AvgIpc) is 1.61. The third kappa shape index (κ3) is 21.7. The van der Waals surface area contributed by atoms with E-state index in [9.17, 15) is 0 Å². The van der Waals surface area contributed by atoms with Gasteiger partial charge in [-0.25, -0.2) is 9.97 Å². The summed E-state index contributed by atoms with van der Waals surface area (Å²) in [4.78, 5) is 18.8. The lowest BCUT2D eigenvalue weighted by molar-refractivity contribution is 0.0174. The molecule has 20 nitrogen and oxygen atoms in total. The number of methoxy groups -OCH3 is 4. The summed E-state index contributed by atoms with van der Waals surface area (Å²) in [7, 11) is 6.56. The number of nitrogens with one attached hydrogen (secondary N) is 2. The minimum Gasteiger partial charge on any atom is -0.491 e. The van der Waals surface area contributed by atoms with Crippen molar-refractivity contribution in [2.75, 3.05) is 187 Å². The van der Waals surface area contributed by atoms with E-state index in [1.165, 1.54) is 0 Å². The fraction of sp³-hybridized carbons (Fsp3) is 0.368. The van der Waals surface area contributed by atoms with Crippen molar-refractivity contribution in [2.24, 2.45) is 0 Å². The molecule has 3 aromatic heterocycles. The van der Waals surface area contributed by atoms with E-state index in [0.29, 0.717) is 178 Å². The minimum atomic E-state index is 0.257. The van der Waals surface area contributed by atoms with Crippen molar-refractivity contribution in [1.82, 2.24) is 19.9 Å². The van der Waals surface area contributed by atoms with Gasteiger partial charge in [-0.05, 0) is 119 Å². The van der Waals surface area contributed by atoms with Crippen LogP contribution in [-0.2, 0) is 56.8 Å². The molecule has 506 valence electrons. The summed E-state index contributed by atoms with van der Waals surface area (Å²) < 4.78 is 92.4. The molecule has 0 aliphatic carbocycles. The highest BCUT2D eigenvalue weighted by Gasteiger charge is 2.21. The van der Waals surface area contributed by atoms with Gasteiger partial charge < -0.3 is 85.8 Å². The fourth-order valence-electron chi connectivity index (χ4n) is 10.4. The van der Waals surface area contributed by atoms with Gasteiger partial charge in [0.2, 0.25) is 0 Å². The van der Waals surface area contributed by atoms with Gasteiger partial charge in [-0.15, -0.1) is 12.8 Å². The van der Waals surface area contributed by atoms with Crippen molar-refractivity contribution in [3.63, 3.8) is 0 Å². The molecule has 2 aliphatic rings. The molecule has 0 saturated heterocycles. The van der Waals surface area contributed by atoms with Gasteiger partial charge >= 0.3 is 0 Å². The van der Waals surface area contributed by atoms with Gasteiger partial charge in [0, 0.05) is 96.0 Å². The Morgan fingerprint density at radius 1 is 0.281 bits per heavy atom. The first-order chi connectivity index (χ1) is 47.4. The Kier molecular flexibility index (Phi) is 29.8. The van der Waals surface area contributed by atoms with Gasteiger partial charge in [-0.2, -0.15) is 0 Å². The van der Waals surface area contributed by atoms with E-state index < -0.39 is 0 Å². The van der Waals surface area contributed by atoms with Crippen molar-refractivity contribution in [3.05, 3.63) is 143 Å².